The van der Waals surface area contributed by atoms with Crippen LogP contribution in [0.1, 0.15) is 46.0 Å². The maximum atomic E-state index is 12.2. The van der Waals surface area contributed by atoms with Crippen LogP contribution in [0, 0.1) is 6.92 Å². The van der Waals surface area contributed by atoms with Gasteiger partial charge >= 0.3 is 6.09 Å². The molecule has 0 unspecified atom stereocenters. The quantitative estimate of drug-likeness (QED) is 0.792. The second-order valence-electron chi connectivity index (χ2n) is 8.75. The number of amides is 1. The van der Waals surface area contributed by atoms with Crippen molar-refractivity contribution in [3.05, 3.63) is 16.8 Å². The smallest absolute Gasteiger partial charge is 0.410 e. The second kappa shape index (κ2) is 8.83. The summed E-state index contributed by atoms with van der Waals surface area (Å²) in [5.74, 6) is 1.81. The van der Waals surface area contributed by atoms with Crippen LogP contribution in [0.25, 0.3) is 10.2 Å². The van der Waals surface area contributed by atoms with E-state index in [1.807, 2.05) is 20.8 Å². The lowest BCUT2D eigenvalue weighted by molar-refractivity contribution is 0.0144. The lowest BCUT2D eigenvalue weighted by atomic mass is 10.2. The summed E-state index contributed by atoms with van der Waals surface area (Å²) in [6, 6.07) is 0.244. The van der Waals surface area contributed by atoms with Gasteiger partial charge in [0.05, 0.1) is 10.2 Å². The highest BCUT2D eigenvalue weighted by Crippen LogP contribution is 2.30. The monoisotopic (exact) mass is 419 g/mol. The molecule has 1 fully saturated rings. The first kappa shape index (κ1) is 21.8. The minimum Gasteiger partial charge on any atom is -0.444 e. The summed E-state index contributed by atoms with van der Waals surface area (Å²) in [5, 5.41) is 5.74. The molecule has 7 nitrogen and oxygen atoms in total. The van der Waals surface area contributed by atoms with E-state index in [2.05, 4.69) is 41.4 Å². The molecule has 160 valence electrons. The molecule has 3 rings (SSSR count). The zero-order chi connectivity index (χ0) is 21.2. The molecule has 8 heteroatoms. The fourth-order valence-electron chi connectivity index (χ4n) is 3.44. The number of aromatic nitrogens is 2. The maximum absolute atomic E-state index is 12.2. The van der Waals surface area contributed by atoms with Crippen LogP contribution in [0.3, 0.4) is 0 Å². The number of nitrogens with zero attached hydrogens (tertiary/aromatic N) is 4. The lowest BCUT2D eigenvalue weighted by Crippen LogP contribution is -2.51. The Labute approximate surface area is 177 Å². The molecule has 1 amide bonds. The minimum absolute atomic E-state index is 0.216. The zero-order valence-corrected chi connectivity index (χ0v) is 19.2. The van der Waals surface area contributed by atoms with Crippen molar-refractivity contribution >= 4 is 33.5 Å². The molecule has 1 atom stereocenters. The largest absolute Gasteiger partial charge is 0.444 e. The summed E-state index contributed by atoms with van der Waals surface area (Å²) in [6.45, 7) is 16.1. The van der Waals surface area contributed by atoms with Gasteiger partial charge < -0.3 is 15.0 Å². The van der Waals surface area contributed by atoms with Gasteiger partial charge in [-0.05, 0) is 45.6 Å². The SMILES string of the molecule is CCc1nc(N[C@@H](C)CN2CCN(C(=O)OC(C)(C)C)CC2)c2scc(C)c2n1. The minimum atomic E-state index is -0.451. The number of aryl methyl sites for hydroxylation is 2. The molecule has 3 heterocycles. The van der Waals surface area contributed by atoms with E-state index in [1.54, 1.807) is 16.2 Å². The van der Waals surface area contributed by atoms with Crippen molar-refractivity contribution in [1.29, 1.82) is 0 Å². The van der Waals surface area contributed by atoms with E-state index < -0.39 is 5.60 Å². The molecule has 0 saturated carbocycles. The van der Waals surface area contributed by atoms with Gasteiger partial charge in [0, 0.05) is 45.2 Å². The highest BCUT2D eigenvalue weighted by molar-refractivity contribution is 7.18. The number of carbonyl (C=O) groups is 1. The summed E-state index contributed by atoms with van der Waals surface area (Å²) in [7, 11) is 0. The van der Waals surface area contributed by atoms with Crippen LogP contribution in [-0.4, -0.2) is 70.2 Å². The van der Waals surface area contributed by atoms with E-state index in [4.69, 9.17) is 9.72 Å². The highest BCUT2D eigenvalue weighted by Gasteiger charge is 2.26. The van der Waals surface area contributed by atoms with Crippen LogP contribution in [0.4, 0.5) is 10.6 Å². The number of anilines is 1. The third-order valence-electron chi connectivity index (χ3n) is 4.89. The summed E-state index contributed by atoms with van der Waals surface area (Å²) >= 11 is 1.70. The predicted octanol–water partition coefficient (Wildman–Crippen LogP) is 3.92. The average Bonchev–Trinajstić information content (AvgIpc) is 3.02. The number of thiophene rings is 1. The second-order valence-corrected chi connectivity index (χ2v) is 9.63. The molecule has 0 bridgehead atoms. The van der Waals surface area contributed by atoms with Crippen LogP contribution in [0.5, 0.6) is 0 Å². The van der Waals surface area contributed by atoms with Crippen molar-refractivity contribution in [3.63, 3.8) is 0 Å². The van der Waals surface area contributed by atoms with Crippen LogP contribution in [-0.2, 0) is 11.2 Å². The number of rotatable bonds is 5. The summed E-state index contributed by atoms with van der Waals surface area (Å²) in [5.41, 5.74) is 1.81. The van der Waals surface area contributed by atoms with E-state index in [9.17, 15) is 4.79 Å². The van der Waals surface area contributed by atoms with Gasteiger partial charge in [-0.2, -0.15) is 0 Å². The molecule has 0 spiro atoms. The third-order valence-corrected chi connectivity index (χ3v) is 5.99. The molecule has 0 aromatic carbocycles. The first-order valence-corrected chi connectivity index (χ1v) is 11.3. The fraction of sp³-hybridized carbons (Fsp3) is 0.667. The van der Waals surface area contributed by atoms with Crippen molar-refractivity contribution in [2.24, 2.45) is 0 Å². The zero-order valence-electron chi connectivity index (χ0n) is 18.4. The number of hydrogen-bond acceptors (Lipinski definition) is 7. The Morgan fingerprint density at radius 1 is 1.28 bits per heavy atom. The summed E-state index contributed by atoms with van der Waals surface area (Å²) in [6.07, 6.45) is 0.604. The first-order chi connectivity index (χ1) is 13.7. The van der Waals surface area contributed by atoms with E-state index in [0.717, 1.165) is 47.9 Å². The Morgan fingerprint density at radius 2 is 1.97 bits per heavy atom. The molecule has 1 aliphatic heterocycles. The number of carbonyl (C=O) groups excluding carboxylic acids is 1. The highest BCUT2D eigenvalue weighted by atomic mass is 32.1. The van der Waals surface area contributed by atoms with Crippen molar-refractivity contribution in [1.82, 2.24) is 19.8 Å². The summed E-state index contributed by atoms with van der Waals surface area (Å²) in [4.78, 5) is 25.8. The van der Waals surface area contributed by atoms with Crippen molar-refractivity contribution < 1.29 is 9.53 Å². The Morgan fingerprint density at radius 3 is 2.59 bits per heavy atom. The Balaban J connectivity index is 1.57. The molecule has 1 aliphatic rings. The Bertz CT molecular complexity index is 853. The summed E-state index contributed by atoms with van der Waals surface area (Å²) < 4.78 is 6.61. The van der Waals surface area contributed by atoms with Gasteiger partial charge in [-0.1, -0.05) is 6.92 Å². The van der Waals surface area contributed by atoms with E-state index in [0.29, 0.717) is 13.1 Å². The first-order valence-electron chi connectivity index (χ1n) is 10.4. The number of hydrogen-bond donors (Lipinski definition) is 1. The van der Waals surface area contributed by atoms with Crippen LogP contribution < -0.4 is 5.32 Å². The van der Waals surface area contributed by atoms with E-state index >= 15 is 0 Å². The molecule has 1 N–H and O–H groups in total. The van der Waals surface area contributed by atoms with Gasteiger partial charge in [-0.3, -0.25) is 4.90 Å². The molecule has 0 radical (unpaired) electrons. The molecule has 1 saturated heterocycles. The van der Waals surface area contributed by atoms with Gasteiger partial charge in [0.25, 0.3) is 0 Å². The molecule has 0 aliphatic carbocycles. The van der Waals surface area contributed by atoms with Crippen molar-refractivity contribution in [3.8, 4) is 0 Å². The number of nitrogens with one attached hydrogen (secondary N) is 1. The van der Waals surface area contributed by atoms with Gasteiger partial charge in [0.15, 0.2) is 0 Å². The normalized spacial score (nSPS) is 16.8. The Kier molecular flexibility index (Phi) is 6.63. The lowest BCUT2D eigenvalue weighted by Gasteiger charge is -2.36. The van der Waals surface area contributed by atoms with Crippen molar-refractivity contribution in [2.45, 2.75) is 59.6 Å². The third kappa shape index (κ3) is 5.57. The van der Waals surface area contributed by atoms with Crippen molar-refractivity contribution in [2.75, 3.05) is 38.0 Å². The number of ether oxygens (including phenoxy) is 1. The molecule has 2 aromatic heterocycles. The topological polar surface area (TPSA) is 70.6 Å². The predicted molar refractivity (Wildman–Crippen MR) is 119 cm³/mol. The molecule has 29 heavy (non-hydrogen) atoms. The van der Waals surface area contributed by atoms with Gasteiger partial charge in [-0.15, -0.1) is 11.3 Å². The van der Waals surface area contributed by atoms with Crippen LogP contribution in [0.15, 0.2) is 5.38 Å². The molecular formula is C21H33N5O2S. The van der Waals surface area contributed by atoms with Gasteiger partial charge in [-0.25, -0.2) is 14.8 Å². The average molecular weight is 420 g/mol. The number of piperazine rings is 1. The number of fused-ring (bicyclic) bond motifs is 1. The van der Waals surface area contributed by atoms with E-state index in [-0.39, 0.29) is 12.1 Å². The Hall–Kier alpha value is -1.93. The van der Waals surface area contributed by atoms with Gasteiger partial charge in [0.1, 0.15) is 17.2 Å². The van der Waals surface area contributed by atoms with Gasteiger partial charge in [0.2, 0.25) is 0 Å². The maximum Gasteiger partial charge on any atom is 0.410 e. The standard InChI is InChI=1S/C21H33N5O2S/c1-7-16-23-17-14(2)13-29-18(17)19(24-16)22-15(3)12-25-8-10-26(11-9-25)20(27)28-21(4,5)6/h13,15H,7-12H2,1-6H3,(H,22,23,24)/t15-/m0/s1. The van der Waals surface area contributed by atoms with E-state index in [1.165, 1.54) is 5.56 Å². The molecular weight excluding hydrogens is 386 g/mol. The fourth-order valence-corrected chi connectivity index (χ4v) is 4.38. The van der Waals surface area contributed by atoms with Crippen LogP contribution >= 0.6 is 11.3 Å². The van der Waals surface area contributed by atoms with Crippen LogP contribution in [0.2, 0.25) is 0 Å². The molecule has 2 aromatic rings.